The van der Waals surface area contributed by atoms with Gasteiger partial charge in [0.15, 0.2) is 5.82 Å². The van der Waals surface area contributed by atoms with E-state index >= 15 is 0 Å². The van der Waals surface area contributed by atoms with Gasteiger partial charge in [-0.15, -0.1) is 0 Å². The van der Waals surface area contributed by atoms with E-state index in [1.54, 1.807) is 0 Å². The molecule has 0 radical (unpaired) electrons. The van der Waals surface area contributed by atoms with E-state index in [0.29, 0.717) is 18.1 Å². The van der Waals surface area contributed by atoms with Gasteiger partial charge in [0.25, 0.3) is 0 Å². The molecule has 2 N–H and O–H groups in total. The zero-order valence-corrected chi connectivity index (χ0v) is 10.9. The topological polar surface area (TPSA) is 64.9 Å². The fraction of sp³-hybridized carbons (Fsp3) is 0.429. The summed E-state index contributed by atoms with van der Waals surface area (Å²) in [5.74, 6) is 1.24. The van der Waals surface area contributed by atoms with Crippen LogP contribution in [0.3, 0.4) is 0 Å². The number of hydrogen-bond acceptors (Lipinski definition) is 4. The molecule has 0 saturated heterocycles. The van der Waals surface area contributed by atoms with Crippen molar-refractivity contribution in [2.75, 3.05) is 0 Å². The van der Waals surface area contributed by atoms with Crippen LogP contribution in [0.25, 0.3) is 0 Å². The van der Waals surface area contributed by atoms with Gasteiger partial charge in [0.1, 0.15) is 0 Å². The Labute approximate surface area is 107 Å². The fourth-order valence-electron chi connectivity index (χ4n) is 1.90. The smallest absolute Gasteiger partial charge is 0.243 e. The highest BCUT2D eigenvalue weighted by molar-refractivity contribution is 5.27. The van der Waals surface area contributed by atoms with E-state index in [-0.39, 0.29) is 6.04 Å². The third-order valence-electron chi connectivity index (χ3n) is 3.01. The van der Waals surface area contributed by atoms with Gasteiger partial charge in [0.05, 0.1) is 6.04 Å². The highest BCUT2D eigenvalue weighted by Gasteiger charge is 2.14. The quantitative estimate of drug-likeness (QED) is 0.879. The number of nitrogens with zero attached hydrogens (tertiary/aromatic N) is 2. The minimum atomic E-state index is -0.145. The zero-order valence-electron chi connectivity index (χ0n) is 10.9. The van der Waals surface area contributed by atoms with Crippen molar-refractivity contribution in [1.82, 2.24) is 10.1 Å². The molecule has 0 aliphatic carbocycles. The maximum absolute atomic E-state index is 5.95. The van der Waals surface area contributed by atoms with Gasteiger partial charge < -0.3 is 10.3 Å². The Morgan fingerprint density at radius 2 is 2.11 bits per heavy atom. The van der Waals surface area contributed by atoms with Crippen molar-refractivity contribution in [2.24, 2.45) is 5.73 Å². The van der Waals surface area contributed by atoms with E-state index in [9.17, 15) is 0 Å². The third-order valence-corrected chi connectivity index (χ3v) is 3.01. The molecule has 4 nitrogen and oxygen atoms in total. The van der Waals surface area contributed by atoms with E-state index in [2.05, 4.69) is 36.1 Å². The minimum absolute atomic E-state index is 0.145. The summed E-state index contributed by atoms with van der Waals surface area (Å²) in [4.78, 5) is 4.36. The van der Waals surface area contributed by atoms with Crippen molar-refractivity contribution in [3.8, 4) is 0 Å². The van der Waals surface area contributed by atoms with Crippen molar-refractivity contribution in [3.05, 3.63) is 47.1 Å². The first-order valence-corrected chi connectivity index (χ1v) is 6.33. The van der Waals surface area contributed by atoms with Crippen LogP contribution in [-0.4, -0.2) is 10.1 Å². The molecule has 0 aliphatic rings. The minimum Gasteiger partial charge on any atom is -0.338 e. The normalized spacial score (nSPS) is 12.6. The van der Waals surface area contributed by atoms with Crippen LogP contribution in [0, 0.1) is 6.92 Å². The molecule has 1 atom stereocenters. The van der Waals surface area contributed by atoms with Gasteiger partial charge in [-0.05, 0) is 24.5 Å². The molecule has 96 valence electrons. The number of aromatic nitrogens is 2. The number of aryl methyl sites for hydroxylation is 1. The lowest BCUT2D eigenvalue weighted by Gasteiger charge is -2.02. The fourth-order valence-corrected chi connectivity index (χ4v) is 1.90. The molecule has 2 rings (SSSR count). The lowest BCUT2D eigenvalue weighted by atomic mass is 10.1. The summed E-state index contributed by atoms with van der Waals surface area (Å²) in [7, 11) is 0. The molecule has 4 heteroatoms. The maximum atomic E-state index is 5.95. The van der Waals surface area contributed by atoms with Gasteiger partial charge in [-0.1, -0.05) is 42.8 Å². The van der Waals surface area contributed by atoms with E-state index in [4.69, 9.17) is 10.3 Å². The highest BCUT2D eigenvalue weighted by Crippen LogP contribution is 2.16. The molecular formula is C14H19N3O. The second-order valence-corrected chi connectivity index (χ2v) is 4.55. The van der Waals surface area contributed by atoms with Gasteiger partial charge in [-0.3, -0.25) is 0 Å². The van der Waals surface area contributed by atoms with Crippen molar-refractivity contribution < 1.29 is 4.52 Å². The van der Waals surface area contributed by atoms with Crippen molar-refractivity contribution in [3.63, 3.8) is 0 Å². The van der Waals surface area contributed by atoms with Crippen LogP contribution in [0.15, 0.2) is 28.8 Å². The SMILES string of the molecule is CCC[C@H](N)c1nc(Cc2ccccc2C)no1. The summed E-state index contributed by atoms with van der Waals surface area (Å²) in [5.41, 5.74) is 8.40. The van der Waals surface area contributed by atoms with Gasteiger partial charge in [0.2, 0.25) is 5.89 Å². The summed E-state index contributed by atoms with van der Waals surface area (Å²) in [5, 5.41) is 3.99. The summed E-state index contributed by atoms with van der Waals surface area (Å²) in [6.07, 6.45) is 2.57. The molecule has 0 aliphatic heterocycles. The lowest BCUT2D eigenvalue weighted by Crippen LogP contribution is -2.10. The number of benzene rings is 1. The number of nitrogens with two attached hydrogens (primary N) is 1. The largest absolute Gasteiger partial charge is 0.338 e. The molecule has 0 spiro atoms. The Hall–Kier alpha value is -1.68. The monoisotopic (exact) mass is 245 g/mol. The predicted molar refractivity (Wildman–Crippen MR) is 70.1 cm³/mol. The van der Waals surface area contributed by atoms with E-state index < -0.39 is 0 Å². The van der Waals surface area contributed by atoms with Gasteiger partial charge in [0, 0.05) is 6.42 Å². The van der Waals surface area contributed by atoms with Crippen LogP contribution in [0.2, 0.25) is 0 Å². The van der Waals surface area contributed by atoms with Crippen LogP contribution in [0.1, 0.15) is 48.6 Å². The Balaban J connectivity index is 2.09. The number of hydrogen-bond donors (Lipinski definition) is 1. The molecule has 1 heterocycles. The first-order chi connectivity index (χ1) is 8.70. The van der Waals surface area contributed by atoms with Crippen LogP contribution in [-0.2, 0) is 6.42 Å². The Morgan fingerprint density at radius 1 is 1.33 bits per heavy atom. The van der Waals surface area contributed by atoms with Gasteiger partial charge in [-0.25, -0.2) is 0 Å². The first kappa shape index (κ1) is 12.8. The molecule has 1 aromatic heterocycles. The molecule has 1 aromatic carbocycles. The summed E-state index contributed by atoms with van der Waals surface area (Å²) in [6, 6.07) is 8.06. The summed E-state index contributed by atoms with van der Waals surface area (Å²) >= 11 is 0. The third kappa shape index (κ3) is 2.96. The van der Waals surface area contributed by atoms with Crippen LogP contribution < -0.4 is 5.73 Å². The van der Waals surface area contributed by atoms with Crippen molar-refractivity contribution in [1.29, 1.82) is 0 Å². The summed E-state index contributed by atoms with van der Waals surface area (Å²) < 4.78 is 5.20. The standard InChI is InChI=1S/C14H19N3O/c1-3-6-12(15)14-16-13(17-18-14)9-11-8-5-4-7-10(11)2/h4-5,7-8,12H,3,6,9,15H2,1-2H3/t12-/m0/s1. The second kappa shape index (κ2) is 5.78. The molecule has 18 heavy (non-hydrogen) atoms. The second-order valence-electron chi connectivity index (χ2n) is 4.55. The van der Waals surface area contributed by atoms with Crippen molar-refractivity contribution >= 4 is 0 Å². The Bertz CT molecular complexity index is 507. The molecular weight excluding hydrogens is 226 g/mol. The zero-order chi connectivity index (χ0) is 13.0. The van der Waals surface area contributed by atoms with E-state index in [0.717, 1.165) is 12.8 Å². The average molecular weight is 245 g/mol. The Morgan fingerprint density at radius 3 is 2.83 bits per heavy atom. The van der Waals surface area contributed by atoms with Crippen LogP contribution in [0.5, 0.6) is 0 Å². The van der Waals surface area contributed by atoms with Crippen molar-refractivity contribution in [2.45, 2.75) is 39.2 Å². The number of rotatable bonds is 5. The van der Waals surface area contributed by atoms with E-state index in [1.807, 2.05) is 12.1 Å². The Kier molecular flexibility index (Phi) is 4.10. The molecule has 0 bridgehead atoms. The van der Waals surface area contributed by atoms with E-state index in [1.165, 1.54) is 11.1 Å². The van der Waals surface area contributed by atoms with Crippen LogP contribution >= 0.6 is 0 Å². The van der Waals surface area contributed by atoms with Crippen LogP contribution in [0.4, 0.5) is 0 Å². The summed E-state index contributed by atoms with van der Waals surface area (Å²) in [6.45, 7) is 4.17. The molecule has 0 amide bonds. The highest BCUT2D eigenvalue weighted by atomic mass is 16.5. The lowest BCUT2D eigenvalue weighted by molar-refractivity contribution is 0.345. The molecule has 2 aromatic rings. The molecule has 0 unspecified atom stereocenters. The first-order valence-electron chi connectivity index (χ1n) is 6.33. The van der Waals surface area contributed by atoms with Gasteiger partial charge >= 0.3 is 0 Å². The molecule has 0 saturated carbocycles. The van der Waals surface area contributed by atoms with Gasteiger partial charge in [-0.2, -0.15) is 4.98 Å². The predicted octanol–water partition coefficient (Wildman–Crippen LogP) is 2.77. The average Bonchev–Trinajstić information content (AvgIpc) is 2.81. The maximum Gasteiger partial charge on any atom is 0.243 e. The molecule has 0 fully saturated rings.